The van der Waals surface area contributed by atoms with E-state index in [2.05, 4.69) is 117 Å². The largest absolute Gasteiger partial charge is 1.00 e. The Balaban J connectivity index is 0.000000434. The zero-order valence-corrected chi connectivity index (χ0v) is 42.2. The van der Waals surface area contributed by atoms with Gasteiger partial charge < -0.3 is 24.3 Å². The van der Waals surface area contributed by atoms with Crippen LogP contribution in [-0.2, 0) is 58.1 Å². The number of aromatic nitrogens is 4. The molecule has 0 atom stereocenters. The van der Waals surface area contributed by atoms with Crippen LogP contribution in [0.15, 0.2) is 49.1 Å². The van der Waals surface area contributed by atoms with Crippen LogP contribution in [0.5, 0.6) is 11.5 Å². The van der Waals surface area contributed by atoms with Gasteiger partial charge >= 0.3 is 59.1 Å². The van der Waals surface area contributed by atoms with Crippen molar-refractivity contribution in [3.8, 4) is 11.5 Å². The van der Waals surface area contributed by atoms with Crippen molar-refractivity contribution in [3.63, 3.8) is 0 Å². The third-order valence-electron chi connectivity index (χ3n) is 9.94. The summed E-state index contributed by atoms with van der Waals surface area (Å²) in [6, 6.07) is 8.33. The summed E-state index contributed by atoms with van der Waals surface area (Å²) in [5.41, 5.74) is 5.68. The number of imidazole rings is 2. The van der Waals surface area contributed by atoms with Crippen molar-refractivity contribution >= 4 is 0 Å². The Bertz CT molecular complexity index is 1620. The number of hydrogen-bond acceptors (Lipinski definition) is 5. The summed E-state index contributed by atoms with van der Waals surface area (Å²) in [5.74, 6) is 2.30. The molecule has 2 aromatic carbocycles. The molecular weight excluding hydrogens is 719 g/mol. The average molecular weight is 790 g/mol. The van der Waals surface area contributed by atoms with Gasteiger partial charge in [0.1, 0.15) is 18.2 Å². The molecular formula is C46H71N4Na2O4+. The standard InChI is InChI=1S/2C19H28N2O.2C4H8O.2Na/c2*1-18(2,3)14-10-13(11-16-20-8-9-21(16)7)17(22)15(12-14)19(4,5)6;2*1-2-4-5-3-1;;/h2*8-10,12,22H,11H2,1-7H3;2*1-4H2;;/q;;;;2*+1/p-1. The van der Waals surface area contributed by atoms with E-state index in [1.807, 2.05) is 41.8 Å². The Labute approximate surface area is 384 Å². The van der Waals surface area contributed by atoms with Gasteiger partial charge in [-0.2, -0.15) is 0 Å². The van der Waals surface area contributed by atoms with Gasteiger partial charge in [0.05, 0.1) is 13.5 Å². The van der Waals surface area contributed by atoms with Crippen LogP contribution in [0, 0.1) is 0 Å². The van der Waals surface area contributed by atoms with E-state index in [9.17, 15) is 10.2 Å². The molecule has 8 nitrogen and oxygen atoms in total. The number of ether oxygens (including phenoxy) is 2. The molecule has 0 spiro atoms. The maximum absolute atomic E-state index is 12.9. The van der Waals surface area contributed by atoms with Crippen LogP contribution >= 0.6 is 0 Å². The Kier molecular flexibility index (Phi) is 21.2. The first-order valence-electron chi connectivity index (χ1n) is 19.8. The maximum Gasteiger partial charge on any atom is 1.00 e. The van der Waals surface area contributed by atoms with Gasteiger partial charge in [-0.05, 0) is 80.7 Å². The predicted molar refractivity (Wildman–Crippen MR) is 217 cm³/mol. The first-order valence-corrected chi connectivity index (χ1v) is 19.8. The van der Waals surface area contributed by atoms with Crippen LogP contribution in [0.4, 0.5) is 0 Å². The summed E-state index contributed by atoms with van der Waals surface area (Å²) in [6.07, 6.45) is 13.9. The van der Waals surface area contributed by atoms with Crippen LogP contribution in [0.1, 0.15) is 154 Å². The van der Waals surface area contributed by atoms with Crippen LogP contribution in [0.2, 0.25) is 0 Å². The minimum absolute atomic E-state index is 0. The monoisotopic (exact) mass is 790 g/mol. The second-order valence-corrected chi connectivity index (χ2v) is 19.0. The quantitative estimate of drug-likeness (QED) is 0.296. The number of aromatic amines is 1. The van der Waals surface area contributed by atoms with E-state index in [4.69, 9.17) is 9.47 Å². The third-order valence-corrected chi connectivity index (χ3v) is 9.94. The minimum atomic E-state index is -0.158. The third kappa shape index (κ3) is 16.2. The van der Waals surface area contributed by atoms with Gasteiger partial charge in [0.15, 0.2) is 0 Å². The SMILES string of the molecule is C1CCOC1.C1CCOC1.Cn1cc[nH+]c1Cc1cc(C(C)(C)C)cc(C(C)(C)C)c1[O-].Cn1ccnc1Cc1cc(C(C)(C)C)cc(C(C)(C)C)c1[O-].[Na+].[Na+]. The van der Waals surface area contributed by atoms with Crippen molar-refractivity contribution in [2.24, 2.45) is 14.1 Å². The van der Waals surface area contributed by atoms with Crippen LogP contribution in [-0.4, -0.2) is 40.5 Å². The van der Waals surface area contributed by atoms with Crippen LogP contribution < -0.4 is 74.3 Å². The molecule has 4 heterocycles. The summed E-state index contributed by atoms with van der Waals surface area (Å²) in [7, 11) is 3.96. The fourth-order valence-corrected chi connectivity index (χ4v) is 6.17. The summed E-state index contributed by atoms with van der Waals surface area (Å²) in [6.45, 7) is 29.7. The molecule has 56 heavy (non-hydrogen) atoms. The summed E-state index contributed by atoms with van der Waals surface area (Å²) < 4.78 is 13.9. The number of benzene rings is 2. The van der Waals surface area contributed by atoms with Crippen molar-refractivity contribution in [3.05, 3.63) is 94.1 Å². The molecule has 0 radical (unpaired) electrons. The van der Waals surface area contributed by atoms with Gasteiger partial charge in [-0.3, -0.25) is 0 Å². The Morgan fingerprint density at radius 1 is 0.589 bits per heavy atom. The molecule has 2 saturated heterocycles. The smallest absolute Gasteiger partial charge is 0.872 e. The first kappa shape index (κ1) is 52.4. The normalized spacial score (nSPS) is 14.2. The molecule has 0 unspecified atom stereocenters. The Morgan fingerprint density at radius 3 is 1.29 bits per heavy atom. The van der Waals surface area contributed by atoms with Crippen LogP contribution in [0.3, 0.4) is 0 Å². The van der Waals surface area contributed by atoms with E-state index in [1.54, 1.807) is 6.20 Å². The van der Waals surface area contributed by atoms with Gasteiger partial charge in [0, 0.05) is 52.3 Å². The van der Waals surface area contributed by atoms with Crippen molar-refractivity contribution in [2.45, 2.75) is 143 Å². The van der Waals surface area contributed by atoms with Gasteiger partial charge in [0.25, 0.3) is 5.82 Å². The molecule has 2 fully saturated rings. The zero-order chi connectivity index (χ0) is 40.5. The van der Waals surface area contributed by atoms with Gasteiger partial charge in [-0.25, -0.2) is 14.5 Å². The van der Waals surface area contributed by atoms with Gasteiger partial charge in [-0.15, -0.1) is 11.5 Å². The van der Waals surface area contributed by atoms with Crippen molar-refractivity contribution in [1.82, 2.24) is 14.1 Å². The summed E-state index contributed by atoms with van der Waals surface area (Å²) >= 11 is 0. The number of nitrogens with one attached hydrogen (secondary N) is 1. The second-order valence-electron chi connectivity index (χ2n) is 19.0. The van der Waals surface area contributed by atoms with Gasteiger partial charge in [-0.1, -0.05) is 107 Å². The molecule has 300 valence electrons. The first-order chi connectivity index (χ1) is 25.0. The van der Waals surface area contributed by atoms with Crippen molar-refractivity contribution in [1.29, 1.82) is 0 Å². The van der Waals surface area contributed by atoms with E-state index in [0.29, 0.717) is 12.8 Å². The Morgan fingerprint density at radius 2 is 1.00 bits per heavy atom. The van der Waals surface area contributed by atoms with E-state index >= 15 is 0 Å². The molecule has 6 rings (SSSR count). The molecule has 4 aromatic rings. The predicted octanol–water partition coefficient (Wildman–Crippen LogP) is 2.38. The van der Waals surface area contributed by atoms with Crippen LogP contribution in [0.25, 0.3) is 0 Å². The molecule has 2 aromatic heterocycles. The fourth-order valence-electron chi connectivity index (χ4n) is 6.17. The van der Waals surface area contributed by atoms with Crippen molar-refractivity contribution in [2.75, 3.05) is 26.4 Å². The van der Waals surface area contributed by atoms with E-state index in [-0.39, 0.29) is 92.3 Å². The summed E-state index contributed by atoms with van der Waals surface area (Å²) in [5, 5.41) is 25.8. The van der Waals surface area contributed by atoms with E-state index < -0.39 is 0 Å². The Hall–Kier alpha value is -1.62. The zero-order valence-electron chi connectivity index (χ0n) is 38.2. The number of H-pyrrole nitrogens is 1. The molecule has 1 N–H and O–H groups in total. The summed E-state index contributed by atoms with van der Waals surface area (Å²) in [4.78, 5) is 7.58. The van der Waals surface area contributed by atoms with E-state index in [0.717, 1.165) is 60.3 Å². The number of hydrogen-bond donors (Lipinski definition) is 0. The molecule has 2 aliphatic heterocycles. The molecule has 10 heteroatoms. The fraction of sp³-hybridized carbons (Fsp3) is 0.609. The van der Waals surface area contributed by atoms with Gasteiger partial charge in [0.2, 0.25) is 0 Å². The number of rotatable bonds is 4. The number of nitrogens with zero attached hydrogens (tertiary/aromatic N) is 3. The molecule has 0 aliphatic carbocycles. The molecule has 0 bridgehead atoms. The van der Waals surface area contributed by atoms with E-state index in [1.165, 1.54) is 36.8 Å². The minimum Gasteiger partial charge on any atom is -0.872 e. The topological polar surface area (TPSA) is 101 Å². The average Bonchev–Trinajstić information content (AvgIpc) is 3.90. The van der Waals surface area contributed by atoms with Crippen molar-refractivity contribution < 1.29 is 83.8 Å². The number of aryl methyl sites for hydroxylation is 2. The molecule has 0 saturated carbocycles. The molecule has 0 amide bonds. The second kappa shape index (κ2) is 22.7. The maximum atomic E-state index is 12.9. The molecule has 2 aliphatic rings.